The van der Waals surface area contributed by atoms with Crippen LogP contribution >= 0.6 is 11.3 Å². The third kappa shape index (κ3) is 2.63. The fourth-order valence-electron chi connectivity index (χ4n) is 3.11. The SMILES string of the molecule is CCCNC(c1ccoc1)C1CCCc2sccc21. The van der Waals surface area contributed by atoms with Gasteiger partial charge in [0.1, 0.15) is 0 Å². The maximum absolute atomic E-state index is 5.30. The molecule has 19 heavy (non-hydrogen) atoms. The van der Waals surface area contributed by atoms with E-state index in [4.69, 9.17) is 4.42 Å². The van der Waals surface area contributed by atoms with Crippen LogP contribution in [0.1, 0.15) is 54.1 Å². The second-order valence-electron chi connectivity index (χ2n) is 5.29. The lowest BCUT2D eigenvalue weighted by atomic mass is 9.80. The predicted molar refractivity (Wildman–Crippen MR) is 79.7 cm³/mol. The molecule has 1 aliphatic carbocycles. The highest BCUT2D eigenvalue weighted by Gasteiger charge is 2.29. The van der Waals surface area contributed by atoms with E-state index in [0.29, 0.717) is 12.0 Å². The molecule has 1 aliphatic rings. The number of furan rings is 1. The number of hydrogen-bond acceptors (Lipinski definition) is 3. The molecule has 0 spiro atoms. The summed E-state index contributed by atoms with van der Waals surface area (Å²) in [5.74, 6) is 0.596. The number of nitrogens with one attached hydrogen (secondary N) is 1. The van der Waals surface area contributed by atoms with Crippen molar-refractivity contribution in [3.63, 3.8) is 0 Å². The summed E-state index contributed by atoms with van der Waals surface area (Å²) >= 11 is 1.92. The predicted octanol–water partition coefficient (Wildman–Crippen LogP) is 4.50. The van der Waals surface area contributed by atoms with Crippen LogP contribution in [0.25, 0.3) is 0 Å². The van der Waals surface area contributed by atoms with Crippen molar-refractivity contribution < 1.29 is 4.42 Å². The number of fused-ring (bicyclic) bond motifs is 1. The van der Waals surface area contributed by atoms with Gasteiger partial charge >= 0.3 is 0 Å². The van der Waals surface area contributed by atoms with Gasteiger partial charge in [-0.05, 0) is 55.3 Å². The Morgan fingerprint density at radius 1 is 1.47 bits per heavy atom. The van der Waals surface area contributed by atoms with E-state index in [1.165, 1.54) is 24.8 Å². The summed E-state index contributed by atoms with van der Waals surface area (Å²) in [5, 5.41) is 5.96. The minimum absolute atomic E-state index is 0.396. The molecule has 0 saturated heterocycles. The van der Waals surface area contributed by atoms with Crippen LogP contribution in [-0.4, -0.2) is 6.54 Å². The molecule has 2 nitrogen and oxygen atoms in total. The first-order valence-electron chi connectivity index (χ1n) is 7.22. The van der Waals surface area contributed by atoms with E-state index >= 15 is 0 Å². The molecule has 3 heteroatoms. The molecule has 2 unspecified atom stereocenters. The average molecular weight is 275 g/mol. The van der Waals surface area contributed by atoms with Crippen molar-refractivity contribution in [2.45, 2.75) is 44.6 Å². The Morgan fingerprint density at radius 3 is 3.21 bits per heavy atom. The highest BCUT2D eigenvalue weighted by Crippen LogP contribution is 2.42. The summed E-state index contributed by atoms with van der Waals surface area (Å²) in [4.78, 5) is 1.59. The zero-order valence-corrected chi connectivity index (χ0v) is 12.2. The Labute approximate surface area is 118 Å². The van der Waals surface area contributed by atoms with Gasteiger partial charge in [-0.1, -0.05) is 6.92 Å². The summed E-state index contributed by atoms with van der Waals surface area (Å²) in [6.07, 6.45) is 8.69. The highest BCUT2D eigenvalue weighted by molar-refractivity contribution is 7.10. The van der Waals surface area contributed by atoms with Crippen LogP contribution in [0.4, 0.5) is 0 Å². The molecule has 2 heterocycles. The average Bonchev–Trinajstić information content (AvgIpc) is 3.10. The summed E-state index contributed by atoms with van der Waals surface area (Å²) < 4.78 is 5.30. The lowest BCUT2D eigenvalue weighted by Gasteiger charge is -2.31. The first-order chi connectivity index (χ1) is 9.40. The molecule has 102 valence electrons. The van der Waals surface area contributed by atoms with Crippen LogP contribution in [0.2, 0.25) is 0 Å². The van der Waals surface area contributed by atoms with Gasteiger partial charge in [-0.15, -0.1) is 11.3 Å². The van der Waals surface area contributed by atoms with Gasteiger partial charge in [-0.3, -0.25) is 0 Å². The molecular formula is C16H21NOS. The number of hydrogen-bond donors (Lipinski definition) is 1. The normalized spacial score (nSPS) is 20.2. The first-order valence-corrected chi connectivity index (χ1v) is 8.10. The van der Waals surface area contributed by atoms with E-state index in [0.717, 1.165) is 13.0 Å². The van der Waals surface area contributed by atoms with Crippen molar-refractivity contribution in [2.24, 2.45) is 0 Å². The van der Waals surface area contributed by atoms with Gasteiger partial charge in [0.15, 0.2) is 0 Å². The van der Waals surface area contributed by atoms with Gasteiger partial charge in [-0.2, -0.15) is 0 Å². The standard InChI is InChI=1S/C16H21NOS/c1-2-8-17-16(12-6-9-18-11-12)14-4-3-5-15-13(14)7-10-19-15/h6-7,9-11,14,16-17H,2-5,8H2,1H3. The van der Waals surface area contributed by atoms with Gasteiger partial charge in [0.05, 0.1) is 12.5 Å². The van der Waals surface area contributed by atoms with Gasteiger partial charge in [-0.25, -0.2) is 0 Å². The molecule has 0 radical (unpaired) electrons. The molecular weight excluding hydrogens is 254 g/mol. The van der Waals surface area contributed by atoms with E-state index in [-0.39, 0.29) is 0 Å². The van der Waals surface area contributed by atoms with Crippen molar-refractivity contribution in [2.75, 3.05) is 6.54 Å². The lowest BCUT2D eigenvalue weighted by molar-refractivity contribution is 0.401. The third-order valence-corrected chi connectivity index (χ3v) is 5.01. The zero-order chi connectivity index (χ0) is 13.1. The number of aryl methyl sites for hydroxylation is 1. The third-order valence-electron chi connectivity index (χ3n) is 4.02. The summed E-state index contributed by atoms with van der Waals surface area (Å²) in [5.41, 5.74) is 2.85. The molecule has 0 aromatic carbocycles. The van der Waals surface area contributed by atoms with Crippen molar-refractivity contribution >= 4 is 11.3 Å². The number of rotatable bonds is 5. The van der Waals surface area contributed by atoms with Gasteiger partial charge in [0.2, 0.25) is 0 Å². The minimum atomic E-state index is 0.396. The van der Waals surface area contributed by atoms with E-state index in [1.54, 1.807) is 16.7 Å². The monoisotopic (exact) mass is 275 g/mol. The zero-order valence-electron chi connectivity index (χ0n) is 11.4. The van der Waals surface area contributed by atoms with Crippen LogP contribution < -0.4 is 5.32 Å². The van der Waals surface area contributed by atoms with E-state index in [1.807, 2.05) is 17.6 Å². The van der Waals surface area contributed by atoms with Gasteiger partial charge < -0.3 is 9.73 Å². The molecule has 2 aromatic heterocycles. The van der Waals surface area contributed by atoms with Gasteiger partial charge in [0, 0.05) is 22.4 Å². The maximum atomic E-state index is 5.30. The Kier molecular flexibility index (Phi) is 4.04. The summed E-state index contributed by atoms with van der Waals surface area (Å²) in [7, 11) is 0. The second-order valence-corrected chi connectivity index (χ2v) is 6.29. The molecule has 0 fully saturated rings. The molecule has 0 saturated carbocycles. The summed E-state index contributed by atoms with van der Waals surface area (Å²) in [6, 6.07) is 4.82. The van der Waals surface area contributed by atoms with Crippen molar-refractivity contribution in [3.8, 4) is 0 Å². The molecule has 1 N–H and O–H groups in total. The topological polar surface area (TPSA) is 25.2 Å². The number of thiophene rings is 1. The van der Waals surface area contributed by atoms with E-state index < -0.39 is 0 Å². The van der Waals surface area contributed by atoms with Crippen LogP contribution in [0.3, 0.4) is 0 Å². The van der Waals surface area contributed by atoms with Crippen LogP contribution in [0, 0.1) is 0 Å². The largest absolute Gasteiger partial charge is 0.472 e. The van der Waals surface area contributed by atoms with Gasteiger partial charge in [0.25, 0.3) is 0 Å². The molecule has 0 amide bonds. The van der Waals surface area contributed by atoms with Crippen LogP contribution in [0.15, 0.2) is 34.5 Å². The van der Waals surface area contributed by atoms with Crippen molar-refractivity contribution in [3.05, 3.63) is 46.0 Å². The Balaban J connectivity index is 1.88. The minimum Gasteiger partial charge on any atom is -0.472 e. The second kappa shape index (κ2) is 5.93. The Hall–Kier alpha value is -1.06. The van der Waals surface area contributed by atoms with Crippen molar-refractivity contribution in [1.82, 2.24) is 5.32 Å². The smallest absolute Gasteiger partial charge is 0.0950 e. The highest BCUT2D eigenvalue weighted by atomic mass is 32.1. The molecule has 3 rings (SSSR count). The molecule has 0 aliphatic heterocycles. The lowest BCUT2D eigenvalue weighted by Crippen LogP contribution is -2.29. The Bertz CT molecular complexity index is 503. The van der Waals surface area contributed by atoms with E-state index in [2.05, 4.69) is 29.8 Å². The fraction of sp³-hybridized carbons (Fsp3) is 0.500. The van der Waals surface area contributed by atoms with Crippen LogP contribution in [-0.2, 0) is 6.42 Å². The molecule has 0 bridgehead atoms. The van der Waals surface area contributed by atoms with Crippen LogP contribution in [0.5, 0.6) is 0 Å². The summed E-state index contributed by atoms with van der Waals surface area (Å²) in [6.45, 7) is 3.28. The molecule has 2 atom stereocenters. The quantitative estimate of drug-likeness (QED) is 0.869. The first kappa shape index (κ1) is 12.9. The Morgan fingerprint density at radius 2 is 2.42 bits per heavy atom. The van der Waals surface area contributed by atoms with E-state index in [9.17, 15) is 0 Å². The molecule has 2 aromatic rings. The fourth-order valence-corrected chi connectivity index (χ4v) is 4.11. The maximum Gasteiger partial charge on any atom is 0.0950 e. The van der Waals surface area contributed by atoms with Crippen molar-refractivity contribution in [1.29, 1.82) is 0 Å².